The number of hydrogen-bond acceptors (Lipinski definition) is 7. The van der Waals surface area contributed by atoms with Crippen molar-refractivity contribution in [3.05, 3.63) is 84.1 Å². The van der Waals surface area contributed by atoms with Crippen LogP contribution in [0.3, 0.4) is 0 Å². The highest BCUT2D eigenvalue weighted by molar-refractivity contribution is 5.92. The average Bonchev–Trinajstić information content (AvgIpc) is 3.84. The summed E-state index contributed by atoms with van der Waals surface area (Å²) in [7, 11) is 4.07. The van der Waals surface area contributed by atoms with E-state index in [0.29, 0.717) is 36.6 Å². The van der Waals surface area contributed by atoms with Crippen molar-refractivity contribution in [1.29, 1.82) is 0 Å². The van der Waals surface area contributed by atoms with E-state index in [2.05, 4.69) is 68.8 Å². The number of rotatable bonds is 13. The van der Waals surface area contributed by atoms with E-state index in [4.69, 9.17) is 9.72 Å². The minimum absolute atomic E-state index is 0.0270. The number of hydrogen-bond donors (Lipinski definition) is 2. The molecule has 2 aromatic heterocycles. The highest BCUT2D eigenvalue weighted by atomic mass is 16.5. The monoisotopic (exact) mass is 564 g/mol. The molecule has 2 fully saturated rings. The Morgan fingerprint density at radius 2 is 1.90 bits per heavy atom. The Labute approximate surface area is 247 Å². The number of nitrogens with one attached hydrogen (secondary N) is 2. The van der Waals surface area contributed by atoms with E-state index in [-0.39, 0.29) is 22.9 Å². The molecule has 8 heteroatoms. The smallest absolute Gasteiger partial charge is 0.227 e. The minimum atomic E-state index is -0.0270. The zero-order valence-electron chi connectivity index (χ0n) is 24.8. The van der Waals surface area contributed by atoms with Crippen molar-refractivity contribution in [3.63, 3.8) is 0 Å². The third-order valence-corrected chi connectivity index (χ3v) is 8.84. The lowest BCUT2D eigenvalue weighted by Gasteiger charge is -2.11. The van der Waals surface area contributed by atoms with Crippen molar-refractivity contribution in [3.8, 4) is 11.3 Å². The number of ether oxygens (including phenoxy) is 1. The van der Waals surface area contributed by atoms with Gasteiger partial charge in [-0.15, -0.1) is 0 Å². The second-order valence-corrected chi connectivity index (χ2v) is 12.3. The summed E-state index contributed by atoms with van der Waals surface area (Å²) in [6, 6.07) is 22.7. The van der Waals surface area contributed by atoms with Gasteiger partial charge >= 0.3 is 0 Å². The first-order chi connectivity index (χ1) is 20.3. The van der Waals surface area contributed by atoms with Gasteiger partial charge in [0.05, 0.1) is 25.1 Å². The number of carbonyl (C=O) groups excluding carboxylic acids is 1. The Hall–Kier alpha value is -3.72. The molecule has 0 bridgehead atoms. The fourth-order valence-corrected chi connectivity index (χ4v) is 6.22. The topological polar surface area (TPSA) is 102 Å². The number of carbonyl (C=O) groups is 1. The summed E-state index contributed by atoms with van der Waals surface area (Å²) in [6.07, 6.45) is 6.80. The molecule has 6 rings (SSSR count). The maximum Gasteiger partial charge on any atom is 0.227 e. The summed E-state index contributed by atoms with van der Waals surface area (Å²) in [6.45, 7) is 4.46. The number of nitrogens with zero attached hydrogens (tertiary/aromatic N) is 4. The molecule has 1 amide bonds. The lowest BCUT2D eigenvalue weighted by atomic mass is 9.95. The van der Waals surface area contributed by atoms with Gasteiger partial charge in [-0.3, -0.25) is 9.78 Å². The lowest BCUT2D eigenvalue weighted by molar-refractivity contribution is -0.116. The minimum Gasteiger partial charge on any atom is -0.375 e. The number of aromatic nitrogens is 3. The summed E-state index contributed by atoms with van der Waals surface area (Å²) < 4.78 is 5.80. The van der Waals surface area contributed by atoms with Crippen LogP contribution in [0.4, 0.5) is 5.82 Å². The first kappa shape index (κ1) is 28.4. The van der Waals surface area contributed by atoms with Crippen LogP contribution in [0, 0.1) is 5.41 Å². The van der Waals surface area contributed by atoms with E-state index in [9.17, 15) is 4.79 Å². The molecule has 2 aromatic carbocycles. The number of benzene rings is 2. The van der Waals surface area contributed by atoms with Crippen LogP contribution in [0.1, 0.15) is 43.7 Å². The zero-order valence-corrected chi connectivity index (χ0v) is 24.8. The van der Waals surface area contributed by atoms with E-state index >= 15 is 0 Å². The highest BCUT2D eigenvalue weighted by Gasteiger charge is 2.76. The molecule has 1 aliphatic carbocycles. The SMILES string of the molecule is CN(C)CCOCc1cccc(-c2cnc3ccc(NC(=O)CC4N[C@@]45C[C@]5(C)CCCc4ccccc4)nc3n2)c1. The zero-order chi connectivity index (χ0) is 29.2. The predicted octanol–water partition coefficient (Wildman–Crippen LogP) is 5.24. The summed E-state index contributed by atoms with van der Waals surface area (Å²) in [5.74, 6) is 0.471. The third kappa shape index (κ3) is 6.36. The molecule has 1 saturated carbocycles. The Morgan fingerprint density at radius 3 is 2.74 bits per heavy atom. The van der Waals surface area contributed by atoms with Gasteiger partial charge in [-0.1, -0.05) is 55.5 Å². The van der Waals surface area contributed by atoms with Crippen LogP contribution in [0.5, 0.6) is 0 Å². The molecule has 3 heterocycles. The van der Waals surface area contributed by atoms with E-state index in [0.717, 1.165) is 36.2 Å². The van der Waals surface area contributed by atoms with Gasteiger partial charge in [0.15, 0.2) is 5.65 Å². The normalized spacial score (nSPS) is 22.5. The Bertz CT molecular complexity index is 1560. The largest absolute Gasteiger partial charge is 0.375 e. The number of aryl methyl sites for hydroxylation is 1. The second kappa shape index (κ2) is 11.9. The van der Waals surface area contributed by atoms with Gasteiger partial charge in [0.25, 0.3) is 0 Å². The number of fused-ring (bicyclic) bond motifs is 1. The molecule has 42 heavy (non-hydrogen) atoms. The van der Waals surface area contributed by atoms with Crippen LogP contribution in [0.25, 0.3) is 22.4 Å². The van der Waals surface area contributed by atoms with Gasteiger partial charge in [0, 0.05) is 30.1 Å². The number of likely N-dealkylation sites (N-methyl/N-ethyl adjacent to an activating group) is 1. The van der Waals surface area contributed by atoms with Crippen LogP contribution in [0.2, 0.25) is 0 Å². The Morgan fingerprint density at radius 1 is 1.07 bits per heavy atom. The lowest BCUT2D eigenvalue weighted by Crippen LogP contribution is -2.17. The highest BCUT2D eigenvalue weighted by Crippen LogP contribution is 2.68. The van der Waals surface area contributed by atoms with Gasteiger partial charge in [0.2, 0.25) is 5.91 Å². The predicted molar refractivity (Wildman–Crippen MR) is 166 cm³/mol. The number of pyridine rings is 1. The number of anilines is 1. The van der Waals surface area contributed by atoms with Gasteiger partial charge in [-0.05, 0) is 74.5 Å². The van der Waals surface area contributed by atoms with Crippen LogP contribution < -0.4 is 10.6 Å². The molecular formula is C34H40N6O2. The van der Waals surface area contributed by atoms with Crippen LogP contribution >= 0.6 is 0 Å². The van der Waals surface area contributed by atoms with Gasteiger partial charge < -0.3 is 20.3 Å². The standard InChI is InChI=1S/C34H40N6O2/c1-33(16-8-12-24-9-5-4-6-10-24)23-34(33)29(39-34)20-31(41)37-30-15-14-27-32(38-30)36-28(21-35-27)26-13-7-11-25(19-26)22-42-18-17-40(2)3/h4-7,9-11,13-15,19,21,29,39H,8,12,16-18,20,22-23H2,1-3H3,(H,36,37,38,41)/t29?,33-,34-/m0/s1. The van der Waals surface area contributed by atoms with Crippen LogP contribution in [-0.4, -0.2) is 64.6 Å². The Kier molecular flexibility index (Phi) is 8.03. The van der Waals surface area contributed by atoms with Crippen LogP contribution in [0.15, 0.2) is 72.9 Å². The molecule has 2 N–H and O–H groups in total. The van der Waals surface area contributed by atoms with Crippen molar-refractivity contribution < 1.29 is 9.53 Å². The molecule has 1 unspecified atom stereocenters. The fourth-order valence-electron chi connectivity index (χ4n) is 6.22. The average molecular weight is 565 g/mol. The molecule has 1 aliphatic heterocycles. The first-order valence-electron chi connectivity index (χ1n) is 14.9. The van der Waals surface area contributed by atoms with Gasteiger partial charge in [-0.2, -0.15) is 0 Å². The molecule has 2 aliphatic rings. The molecule has 0 radical (unpaired) electrons. The van der Waals surface area contributed by atoms with E-state index in [1.54, 1.807) is 12.3 Å². The molecule has 218 valence electrons. The molecule has 8 nitrogen and oxygen atoms in total. The van der Waals surface area contributed by atoms with E-state index < -0.39 is 0 Å². The van der Waals surface area contributed by atoms with Crippen LogP contribution in [-0.2, 0) is 22.6 Å². The maximum absolute atomic E-state index is 13.0. The van der Waals surface area contributed by atoms with Crippen molar-refractivity contribution in [2.45, 2.75) is 57.2 Å². The quantitative estimate of drug-likeness (QED) is 0.169. The van der Waals surface area contributed by atoms with Crippen molar-refractivity contribution in [2.75, 3.05) is 32.6 Å². The number of amides is 1. The van der Waals surface area contributed by atoms with Crippen molar-refractivity contribution >= 4 is 22.9 Å². The van der Waals surface area contributed by atoms with Crippen molar-refractivity contribution in [1.82, 2.24) is 25.2 Å². The summed E-state index contributed by atoms with van der Waals surface area (Å²) in [5.41, 5.74) is 5.76. The summed E-state index contributed by atoms with van der Waals surface area (Å²) in [5, 5.41) is 6.63. The third-order valence-electron chi connectivity index (χ3n) is 8.84. The van der Waals surface area contributed by atoms with Gasteiger partial charge in [0.1, 0.15) is 11.3 Å². The Balaban J connectivity index is 1.03. The summed E-state index contributed by atoms with van der Waals surface area (Å²) in [4.78, 5) is 29.0. The molecule has 1 saturated heterocycles. The first-order valence-corrected chi connectivity index (χ1v) is 14.9. The molecule has 3 atom stereocenters. The maximum atomic E-state index is 13.0. The fraction of sp³-hybridized carbons (Fsp3) is 0.412. The summed E-state index contributed by atoms with van der Waals surface area (Å²) >= 11 is 0. The molecule has 4 aromatic rings. The van der Waals surface area contributed by atoms with Crippen molar-refractivity contribution in [2.24, 2.45) is 5.41 Å². The van der Waals surface area contributed by atoms with E-state index in [1.165, 1.54) is 18.4 Å². The molecular weight excluding hydrogens is 524 g/mol. The molecule has 1 spiro atoms. The van der Waals surface area contributed by atoms with E-state index in [1.807, 2.05) is 38.4 Å². The second-order valence-electron chi connectivity index (χ2n) is 12.3. The van der Waals surface area contributed by atoms with Gasteiger partial charge in [-0.25, -0.2) is 9.97 Å².